The molecule has 1 aliphatic heterocycles. The molecule has 1 rings (SSSR count). The summed E-state index contributed by atoms with van der Waals surface area (Å²) in [5.41, 5.74) is 0. The van der Waals surface area contributed by atoms with E-state index in [-0.39, 0.29) is 6.54 Å². The summed E-state index contributed by atoms with van der Waals surface area (Å²) in [6, 6.07) is 0. The third-order valence-electron chi connectivity index (χ3n) is 2.80. The number of thioether (sulfide) groups is 1. The largest absolute Gasteiger partial charge is 0.394 e. The Bertz CT molecular complexity index is 306. The summed E-state index contributed by atoms with van der Waals surface area (Å²) in [6.07, 6.45) is -3.88. The molecule has 1 heterocycles. The summed E-state index contributed by atoms with van der Waals surface area (Å²) in [6.45, 7) is 2.01. The van der Waals surface area contributed by atoms with Crippen LogP contribution in [0.1, 0.15) is 13.3 Å². The van der Waals surface area contributed by atoms with E-state index in [1.807, 2.05) is 6.92 Å². The number of aliphatic hydroxyl groups is 5. The molecule has 0 bridgehead atoms. The lowest BCUT2D eigenvalue weighted by Gasteiger charge is -2.32. The van der Waals surface area contributed by atoms with E-state index in [2.05, 4.69) is 0 Å². The van der Waals surface area contributed by atoms with E-state index >= 15 is 0 Å². The maximum atomic E-state index is 10.3. The SMILES string of the molecule is CCCN1CC(O)(C(O)C(O)C(O)CO)SC1=S. The summed E-state index contributed by atoms with van der Waals surface area (Å²) in [7, 11) is 0. The van der Waals surface area contributed by atoms with E-state index in [9.17, 15) is 20.4 Å². The van der Waals surface area contributed by atoms with Crippen molar-refractivity contribution in [3.8, 4) is 0 Å². The van der Waals surface area contributed by atoms with Gasteiger partial charge in [-0.2, -0.15) is 0 Å². The lowest BCUT2D eigenvalue weighted by molar-refractivity contribution is -0.126. The molecule has 4 atom stereocenters. The van der Waals surface area contributed by atoms with Crippen LogP contribution in [0.15, 0.2) is 0 Å². The van der Waals surface area contributed by atoms with Gasteiger partial charge in [0.05, 0.1) is 13.2 Å². The average Bonchev–Trinajstić information content (AvgIpc) is 2.63. The number of rotatable bonds is 6. The van der Waals surface area contributed by atoms with Crippen LogP contribution >= 0.6 is 24.0 Å². The molecule has 1 aliphatic rings. The summed E-state index contributed by atoms with van der Waals surface area (Å²) in [4.78, 5) is 0.0725. The standard InChI is InChI=1S/C10H19NO5S2/c1-2-3-11-5-10(16,18-9(11)17)8(15)7(14)6(13)4-12/h6-8,12-16H,2-5H2,1H3. The van der Waals surface area contributed by atoms with Gasteiger partial charge < -0.3 is 30.4 Å². The number of thiocarbonyl (C=S) groups is 1. The van der Waals surface area contributed by atoms with Crippen LogP contribution < -0.4 is 0 Å². The van der Waals surface area contributed by atoms with Crippen LogP contribution in [0.4, 0.5) is 0 Å². The van der Waals surface area contributed by atoms with Gasteiger partial charge in [0.15, 0.2) is 4.93 Å². The first-order valence-corrected chi connectivity index (χ1v) is 6.93. The van der Waals surface area contributed by atoms with E-state index < -0.39 is 29.9 Å². The minimum Gasteiger partial charge on any atom is -0.394 e. The Morgan fingerprint density at radius 3 is 2.56 bits per heavy atom. The van der Waals surface area contributed by atoms with E-state index in [1.165, 1.54) is 0 Å². The Hall–Kier alpha value is 0.0400. The highest BCUT2D eigenvalue weighted by Crippen LogP contribution is 2.38. The number of nitrogens with zero attached hydrogens (tertiary/aromatic N) is 1. The average molecular weight is 297 g/mol. The van der Waals surface area contributed by atoms with Crippen molar-refractivity contribution < 1.29 is 25.5 Å². The third kappa shape index (κ3) is 3.32. The predicted octanol–water partition coefficient (Wildman–Crippen LogP) is -1.51. The highest BCUT2D eigenvalue weighted by molar-refractivity contribution is 8.24. The van der Waals surface area contributed by atoms with Crippen molar-refractivity contribution >= 4 is 28.3 Å². The molecule has 6 nitrogen and oxygen atoms in total. The second kappa shape index (κ2) is 6.47. The Balaban J connectivity index is 2.73. The van der Waals surface area contributed by atoms with Crippen molar-refractivity contribution in [2.75, 3.05) is 19.7 Å². The highest BCUT2D eigenvalue weighted by Gasteiger charge is 2.49. The molecule has 1 fully saturated rings. The molecule has 0 radical (unpaired) electrons. The van der Waals surface area contributed by atoms with Gasteiger partial charge in [-0.05, 0) is 6.42 Å². The van der Waals surface area contributed by atoms with Gasteiger partial charge >= 0.3 is 0 Å². The fourth-order valence-corrected chi connectivity index (χ4v) is 3.42. The second-order valence-electron chi connectivity index (χ2n) is 4.32. The summed E-state index contributed by atoms with van der Waals surface area (Å²) < 4.78 is 0.448. The van der Waals surface area contributed by atoms with Crippen LogP contribution in [-0.4, -0.2) is 77.7 Å². The van der Waals surface area contributed by atoms with Gasteiger partial charge in [0.1, 0.15) is 22.6 Å². The topological polar surface area (TPSA) is 104 Å². The van der Waals surface area contributed by atoms with Gasteiger partial charge in [0.2, 0.25) is 0 Å². The molecule has 0 aliphatic carbocycles. The van der Waals surface area contributed by atoms with Crippen molar-refractivity contribution in [1.29, 1.82) is 0 Å². The molecule has 106 valence electrons. The molecule has 0 aromatic rings. The van der Waals surface area contributed by atoms with Gasteiger partial charge in [0.25, 0.3) is 0 Å². The number of hydrogen-bond acceptors (Lipinski definition) is 7. The van der Waals surface area contributed by atoms with Gasteiger partial charge in [0, 0.05) is 6.54 Å². The van der Waals surface area contributed by atoms with Gasteiger partial charge in [-0.25, -0.2) is 0 Å². The fourth-order valence-electron chi connectivity index (χ4n) is 1.77. The van der Waals surface area contributed by atoms with Crippen LogP contribution in [-0.2, 0) is 0 Å². The van der Waals surface area contributed by atoms with Crippen LogP contribution in [0.25, 0.3) is 0 Å². The molecule has 5 N–H and O–H groups in total. The number of hydrogen-bond donors (Lipinski definition) is 5. The first kappa shape index (κ1) is 16.1. The zero-order valence-electron chi connectivity index (χ0n) is 10.1. The summed E-state index contributed by atoms with van der Waals surface area (Å²) in [5, 5.41) is 47.8. The monoisotopic (exact) mass is 297 g/mol. The van der Waals surface area contributed by atoms with Crippen molar-refractivity contribution in [2.45, 2.75) is 36.6 Å². The molecule has 18 heavy (non-hydrogen) atoms. The summed E-state index contributed by atoms with van der Waals surface area (Å²) >= 11 is 5.97. The molecule has 0 saturated carbocycles. The van der Waals surface area contributed by atoms with E-state index in [0.717, 1.165) is 18.2 Å². The van der Waals surface area contributed by atoms with Crippen molar-refractivity contribution in [3.63, 3.8) is 0 Å². The molecule has 1 saturated heterocycles. The molecule has 0 amide bonds. The number of aliphatic hydroxyl groups excluding tert-OH is 4. The maximum absolute atomic E-state index is 10.3. The molecule has 0 aromatic heterocycles. The lowest BCUT2D eigenvalue weighted by Crippen LogP contribution is -2.53. The summed E-state index contributed by atoms with van der Waals surface area (Å²) in [5.74, 6) is 0. The quantitative estimate of drug-likeness (QED) is 0.377. The van der Waals surface area contributed by atoms with E-state index in [0.29, 0.717) is 10.9 Å². The number of β-amino-alcohol motifs (C(OH)–C–C–N with tert-alkyl or cyclic N) is 1. The van der Waals surface area contributed by atoms with Crippen LogP contribution in [0, 0.1) is 0 Å². The first-order chi connectivity index (χ1) is 8.35. The molecule has 8 heteroatoms. The molecule has 0 spiro atoms. The molecular weight excluding hydrogens is 278 g/mol. The van der Waals surface area contributed by atoms with Gasteiger partial charge in [-0.1, -0.05) is 30.9 Å². The zero-order chi connectivity index (χ0) is 13.9. The maximum Gasteiger partial charge on any atom is 0.162 e. The van der Waals surface area contributed by atoms with Crippen LogP contribution in [0.5, 0.6) is 0 Å². The predicted molar refractivity (Wildman–Crippen MR) is 72.1 cm³/mol. The Morgan fingerprint density at radius 1 is 1.44 bits per heavy atom. The molecular formula is C10H19NO5S2. The highest BCUT2D eigenvalue weighted by atomic mass is 32.2. The normalized spacial score (nSPS) is 29.4. The smallest absolute Gasteiger partial charge is 0.162 e. The zero-order valence-corrected chi connectivity index (χ0v) is 11.7. The third-order valence-corrected chi connectivity index (χ3v) is 4.47. The Morgan fingerprint density at radius 2 is 2.06 bits per heavy atom. The lowest BCUT2D eigenvalue weighted by atomic mass is 10.0. The van der Waals surface area contributed by atoms with E-state index in [4.69, 9.17) is 17.3 Å². The first-order valence-electron chi connectivity index (χ1n) is 5.71. The van der Waals surface area contributed by atoms with Gasteiger partial charge in [-0.3, -0.25) is 0 Å². The minimum absolute atomic E-state index is 0.0840. The fraction of sp³-hybridized carbons (Fsp3) is 0.900. The van der Waals surface area contributed by atoms with Gasteiger partial charge in [-0.15, -0.1) is 0 Å². The Kier molecular flexibility index (Phi) is 5.78. The van der Waals surface area contributed by atoms with Crippen LogP contribution in [0.3, 0.4) is 0 Å². The van der Waals surface area contributed by atoms with E-state index in [1.54, 1.807) is 4.90 Å². The van der Waals surface area contributed by atoms with Crippen molar-refractivity contribution in [3.05, 3.63) is 0 Å². The molecule has 0 aromatic carbocycles. The second-order valence-corrected chi connectivity index (χ2v) is 6.26. The minimum atomic E-state index is -1.66. The van der Waals surface area contributed by atoms with Crippen molar-refractivity contribution in [1.82, 2.24) is 4.90 Å². The Labute approximate surface area is 115 Å². The van der Waals surface area contributed by atoms with Crippen molar-refractivity contribution in [2.24, 2.45) is 0 Å². The van der Waals surface area contributed by atoms with Crippen LogP contribution in [0.2, 0.25) is 0 Å². The molecule has 4 unspecified atom stereocenters.